The number of hydrogen-bond donors (Lipinski definition) is 2. The van der Waals surface area contributed by atoms with Gasteiger partial charge in [0.05, 0.1) is 11.6 Å². The molecule has 0 spiro atoms. The van der Waals surface area contributed by atoms with Crippen LogP contribution in [0.3, 0.4) is 0 Å². The fourth-order valence-corrected chi connectivity index (χ4v) is 3.22. The maximum Gasteiger partial charge on any atom is 0.434 e. The number of para-hydroxylation sites is 1. The molecule has 0 aliphatic carbocycles. The van der Waals surface area contributed by atoms with Gasteiger partial charge in [0.15, 0.2) is 17.5 Å². The number of guanidine groups is 1. The van der Waals surface area contributed by atoms with E-state index in [0.29, 0.717) is 36.3 Å². The molecule has 2 aromatic heterocycles. The third-order valence-electron chi connectivity index (χ3n) is 3.76. The Morgan fingerprint density at radius 1 is 1.21 bits per heavy atom. The van der Waals surface area contributed by atoms with Crippen LogP contribution in [0, 0.1) is 0 Å². The van der Waals surface area contributed by atoms with Gasteiger partial charge in [-0.1, -0.05) is 18.2 Å². The van der Waals surface area contributed by atoms with Gasteiger partial charge < -0.3 is 10.6 Å². The maximum atomic E-state index is 12.6. The molecular weight excluding hydrogens is 391 g/mol. The van der Waals surface area contributed by atoms with Crippen LogP contribution in [0.1, 0.15) is 16.5 Å². The average Bonchev–Trinajstić information content (AvgIpc) is 3.34. The van der Waals surface area contributed by atoms with Crippen molar-refractivity contribution >= 4 is 17.3 Å². The molecule has 0 atom stereocenters. The molecule has 0 fully saturated rings. The molecule has 0 saturated heterocycles. The highest BCUT2D eigenvalue weighted by Crippen LogP contribution is 2.29. The lowest BCUT2D eigenvalue weighted by molar-refractivity contribution is -0.140. The second-order valence-electron chi connectivity index (χ2n) is 5.68. The van der Waals surface area contributed by atoms with Crippen molar-refractivity contribution < 1.29 is 13.2 Å². The number of aromatic nitrogens is 4. The van der Waals surface area contributed by atoms with E-state index in [1.54, 1.807) is 13.4 Å². The van der Waals surface area contributed by atoms with E-state index in [2.05, 4.69) is 30.8 Å². The van der Waals surface area contributed by atoms with Gasteiger partial charge in [-0.3, -0.25) is 9.56 Å². The van der Waals surface area contributed by atoms with Crippen LogP contribution >= 0.6 is 11.3 Å². The highest BCUT2D eigenvalue weighted by Gasteiger charge is 2.33. The fraction of sp³-hybridized carbons (Fsp3) is 0.294. The van der Waals surface area contributed by atoms with E-state index in [0.717, 1.165) is 22.4 Å². The van der Waals surface area contributed by atoms with Gasteiger partial charge in [-0.05, 0) is 12.1 Å². The van der Waals surface area contributed by atoms with Crippen LogP contribution in [0.25, 0.3) is 5.69 Å². The summed E-state index contributed by atoms with van der Waals surface area (Å²) in [5.41, 5.74) is 0.0896. The third-order valence-corrected chi connectivity index (χ3v) is 4.67. The summed E-state index contributed by atoms with van der Waals surface area (Å²) in [6.45, 7) is 0.778. The van der Waals surface area contributed by atoms with Crippen LogP contribution in [-0.2, 0) is 19.1 Å². The summed E-state index contributed by atoms with van der Waals surface area (Å²) in [6.07, 6.45) is -2.42. The Balaban J connectivity index is 1.51. The van der Waals surface area contributed by atoms with Gasteiger partial charge in [0, 0.05) is 31.1 Å². The molecule has 7 nitrogen and oxygen atoms in total. The number of nitrogens with one attached hydrogen (secondary N) is 2. The smallest absolute Gasteiger partial charge is 0.356 e. The number of alkyl halides is 3. The zero-order valence-electron chi connectivity index (χ0n) is 14.9. The van der Waals surface area contributed by atoms with E-state index >= 15 is 0 Å². The molecule has 11 heteroatoms. The fourth-order valence-electron chi connectivity index (χ4n) is 2.41. The topological polar surface area (TPSA) is 80.0 Å². The van der Waals surface area contributed by atoms with Crippen LogP contribution in [0.2, 0.25) is 0 Å². The first-order valence-electron chi connectivity index (χ1n) is 8.38. The lowest BCUT2D eigenvalue weighted by atomic mass is 10.3. The zero-order valence-corrected chi connectivity index (χ0v) is 15.8. The Kier molecular flexibility index (Phi) is 6.24. The van der Waals surface area contributed by atoms with Gasteiger partial charge in [-0.2, -0.15) is 13.2 Å². The Bertz CT molecular complexity index is 918. The van der Waals surface area contributed by atoms with Gasteiger partial charge in [-0.25, -0.2) is 4.98 Å². The summed E-state index contributed by atoms with van der Waals surface area (Å²) in [5, 5.41) is 15.7. The molecule has 28 heavy (non-hydrogen) atoms. The van der Waals surface area contributed by atoms with Crippen LogP contribution in [0.15, 0.2) is 47.0 Å². The summed E-state index contributed by atoms with van der Waals surface area (Å²) < 4.78 is 39.6. The molecule has 2 heterocycles. The monoisotopic (exact) mass is 409 g/mol. The van der Waals surface area contributed by atoms with E-state index in [1.165, 1.54) is 0 Å². The molecule has 0 aliphatic heterocycles. The summed E-state index contributed by atoms with van der Waals surface area (Å²) in [4.78, 5) is 7.71. The molecular formula is C17H18F3N7S. The summed E-state index contributed by atoms with van der Waals surface area (Å²) in [7, 11) is 1.61. The standard InChI is InChI=1S/C17H18F3N7S/c1-21-16(22-8-7-15-25-13(10-28-15)17(18,19)20)23-9-14-26-24-11-27(14)12-5-3-2-4-6-12/h2-6,10-11H,7-9H2,1H3,(H2,21,22,23). The second kappa shape index (κ2) is 8.83. The summed E-state index contributed by atoms with van der Waals surface area (Å²) in [6, 6.07) is 9.68. The molecule has 0 aliphatic rings. The maximum absolute atomic E-state index is 12.6. The predicted molar refractivity (Wildman–Crippen MR) is 100 cm³/mol. The number of benzene rings is 1. The first-order valence-corrected chi connectivity index (χ1v) is 9.26. The van der Waals surface area contributed by atoms with Crippen molar-refractivity contribution in [1.29, 1.82) is 0 Å². The molecule has 148 valence electrons. The molecule has 1 aromatic carbocycles. The largest absolute Gasteiger partial charge is 0.434 e. The van der Waals surface area contributed by atoms with Crippen molar-refractivity contribution in [2.24, 2.45) is 4.99 Å². The predicted octanol–water partition coefficient (Wildman–Crippen LogP) is 2.65. The van der Waals surface area contributed by atoms with Crippen LogP contribution < -0.4 is 10.6 Å². The Morgan fingerprint density at radius 3 is 2.68 bits per heavy atom. The van der Waals surface area contributed by atoms with Crippen molar-refractivity contribution in [3.8, 4) is 5.69 Å². The molecule has 3 rings (SSSR count). The van der Waals surface area contributed by atoms with Gasteiger partial charge in [0.2, 0.25) is 0 Å². The van der Waals surface area contributed by atoms with E-state index in [4.69, 9.17) is 0 Å². The minimum atomic E-state index is -4.41. The molecule has 3 aromatic rings. The van der Waals surface area contributed by atoms with Crippen LogP contribution in [-0.4, -0.2) is 39.3 Å². The lowest BCUT2D eigenvalue weighted by Crippen LogP contribution is -2.38. The zero-order chi connectivity index (χ0) is 20.0. The van der Waals surface area contributed by atoms with Crippen molar-refractivity contribution in [2.75, 3.05) is 13.6 Å². The van der Waals surface area contributed by atoms with Crippen molar-refractivity contribution in [1.82, 2.24) is 30.4 Å². The highest BCUT2D eigenvalue weighted by molar-refractivity contribution is 7.09. The first-order chi connectivity index (χ1) is 13.5. The molecule has 0 bridgehead atoms. The molecule has 0 saturated carbocycles. The first kappa shape index (κ1) is 19.8. The minimum absolute atomic E-state index is 0.363. The number of nitrogens with zero attached hydrogens (tertiary/aromatic N) is 5. The third kappa shape index (κ3) is 5.06. The number of hydrogen-bond acceptors (Lipinski definition) is 5. The quantitative estimate of drug-likeness (QED) is 0.483. The Labute approximate surface area is 163 Å². The van der Waals surface area contributed by atoms with E-state index in [1.807, 2.05) is 34.9 Å². The van der Waals surface area contributed by atoms with Gasteiger partial charge in [0.1, 0.15) is 6.33 Å². The van der Waals surface area contributed by atoms with Crippen LogP contribution in [0.5, 0.6) is 0 Å². The SMILES string of the molecule is CN=C(NCCc1nc(C(F)(F)F)cs1)NCc1nncn1-c1ccccc1. The highest BCUT2D eigenvalue weighted by atomic mass is 32.1. The number of aliphatic imine (C=N–C) groups is 1. The second-order valence-corrected chi connectivity index (χ2v) is 6.62. The van der Waals surface area contributed by atoms with Gasteiger partial charge in [-0.15, -0.1) is 21.5 Å². The van der Waals surface area contributed by atoms with Crippen molar-refractivity contribution in [3.05, 3.63) is 58.6 Å². The normalized spacial score (nSPS) is 12.2. The van der Waals surface area contributed by atoms with Gasteiger partial charge >= 0.3 is 6.18 Å². The van der Waals surface area contributed by atoms with E-state index in [9.17, 15) is 13.2 Å². The van der Waals surface area contributed by atoms with Crippen LogP contribution in [0.4, 0.5) is 13.2 Å². The number of rotatable bonds is 6. The molecule has 0 unspecified atom stereocenters. The Hall–Kier alpha value is -2.95. The summed E-state index contributed by atoms with van der Waals surface area (Å²) in [5.74, 6) is 1.21. The average molecular weight is 409 g/mol. The lowest BCUT2D eigenvalue weighted by Gasteiger charge is -2.12. The van der Waals surface area contributed by atoms with E-state index < -0.39 is 11.9 Å². The van der Waals surface area contributed by atoms with E-state index in [-0.39, 0.29) is 0 Å². The molecule has 0 radical (unpaired) electrons. The van der Waals surface area contributed by atoms with Gasteiger partial charge in [0.25, 0.3) is 0 Å². The minimum Gasteiger partial charge on any atom is -0.356 e. The van der Waals surface area contributed by atoms with Crippen molar-refractivity contribution in [3.63, 3.8) is 0 Å². The van der Waals surface area contributed by atoms with Crippen molar-refractivity contribution in [2.45, 2.75) is 19.1 Å². The molecule has 0 amide bonds. The summed E-state index contributed by atoms with van der Waals surface area (Å²) >= 11 is 0.994. The Morgan fingerprint density at radius 2 is 2.00 bits per heavy atom. The molecule has 2 N–H and O–H groups in total. The number of halogens is 3. The number of thiazole rings is 1.